The first-order chi connectivity index (χ1) is 17.0. The van der Waals surface area contributed by atoms with Gasteiger partial charge in [-0.2, -0.15) is 0 Å². The van der Waals surface area contributed by atoms with Crippen molar-refractivity contribution in [3.8, 4) is 0 Å². The van der Waals surface area contributed by atoms with E-state index in [9.17, 15) is 9.59 Å². The van der Waals surface area contributed by atoms with Gasteiger partial charge in [0.1, 0.15) is 5.57 Å². The lowest BCUT2D eigenvalue weighted by molar-refractivity contribution is -0.122. The highest BCUT2D eigenvalue weighted by atomic mass is 35.5. The molecule has 2 amide bonds. The number of amides is 2. The Bertz CT molecular complexity index is 1500. The minimum atomic E-state index is -0.510. The standard InChI is InChI=1S/C28H22ClN3O2S/c1-2-18-11-13-21(14-12-18)32-27(34)23(26(33)30-28(32)35)15-20-17-31(25-10-6-4-8-22(20)25)16-19-7-3-5-9-24(19)29/h3-15,17H,2,16H2,1H3,(H,30,33,35)/b23-15+. The molecule has 5 nitrogen and oxygen atoms in total. The molecule has 1 fully saturated rings. The van der Waals surface area contributed by atoms with Crippen LogP contribution in [0.5, 0.6) is 0 Å². The molecule has 0 radical (unpaired) electrons. The summed E-state index contributed by atoms with van der Waals surface area (Å²) in [7, 11) is 0. The molecule has 7 heteroatoms. The second kappa shape index (κ2) is 9.49. The number of aromatic nitrogens is 1. The van der Waals surface area contributed by atoms with E-state index >= 15 is 0 Å². The van der Waals surface area contributed by atoms with Crippen molar-refractivity contribution >= 4 is 63.4 Å². The highest BCUT2D eigenvalue weighted by Crippen LogP contribution is 2.28. The van der Waals surface area contributed by atoms with Crippen molar-refractivity contribution in [3.05, 3.63) is 106 Å². The first kappa shape index (κ1) is 23.0. The van der Waals surface area contributed by atoms with Gasteiger partial charge in [0.2, 0.25) is 0 Å². The van der Waals surface area contributed by atoms with Crippen molar-refractivity contribution in [2.75, 3.05) is 4.90 Å². The predicted octanol–water partition coefficient (Wildman–Crippen LogP) is 5.74. The van der Waals surface area contributed by atoms with Gasteiger partial charge in [0, 0.05) is 34.2 Å². The fraction of sp³-hybridized carbons (Fsp3) is 0.107. The summed E-state index contributed by atoms with van der Waals surface area (Å²) in [6, 6.07) is 23.2. The minimum absolute atomic E-state index is 0.0267. The number of anilines is 1. The van der Waals surface area contributed by atoms with Crippen molar-refractivity contribution in [3.63, 3.8) is 0 Å². The fourth-order valence-corrected chi connectivity index (χ4v) is 4.74. The molecule has 1 saturated heterocycles. The van der Waals surface area contributed by atoms with Crippen LogP contribution in [0.3, 0.4) is 0 Å². The number of hydrogen-bond donors (Lipinski definition) is 1. The van der Waals surface area contributed by atoms with Crippen LogP contribution in [-0.4, -0.2) is 21.5 Å². The Morgan fingerprint density at radius 1 is 0.971 bits per heavy atom. The molecule has 5 rings (SSSR count). The molecule has 174 valence electrons. The van der Waals surface area contributed by atoms with E-state index in [-0.39, 0.29) is 10.7 Å². The van der Waals surface area contributed by atoms with E-state index in [1.807, 2.05) is 79.0 Å². The summed E-state index contributed by atoms with van der Waals surface area (Å²) < 4.78 is 2.07. The van der Waals surface area contributed by atoms with Gasteiger partial charge in [-0.25, -0.2) is 0 Å². The Morgan fingerprint density at radius 2 is 1.69 bits per heavy atom. The number of carbonyl (C=O) groups excluding carboxylic acids is 2. The number of nitrogens with zero attached hydrogens (tertiary/aromatic N) is 2. The third-order valence-corrected chi connectivity index (χ3v) is 6.78. The van der Waals surface area contributed by atoms with E-state index in [1.165, 1.54) is 4.90 Å². The summed E-state index contributed by atoms with van der Waals surface area (Å²) in [5.41, 5.74) is 4.51. The Hall–Kier alpha value is -3.74. The third kappa shape index (κ3) is 4.38. The summed E-state index contributed by atoms with van der Waals surface area (Å²) in [4.78, 5) is 27.7. The van der Waals surface area contributed by atoms with Gasteiger partial charge < -0.3 is 4.57 Å². The zero-order valence-corrected chi connectivity index (χ0v) is 20.6. The second-order valence-electron chi connectivity index (χ2n) is 8.30. The van der Waals surface area contributed by atoms with Crippen molar-refractivity contribution in [2.45, 2.75) is 19.9 Å². The number of hydrogen-bond acceptors (Lipinski definition) is 3. The highest BCUT2D eigenvalue weighted by molar-refractivity contribution is 7.80. The number of para-hydroxylation sites is 1. The lowest BCUT2D eigenvalue weighted by Gasteiger charge is -2.29. The molecular formula is C28H22ClN3O2S. The first-order valence-electron chi connectivity index (χ1n) is 11.3. The molecule has 0 unspecified atom stereocenters. The molecule has 1 aliphatic rings. The molecule has 4 aromatic rings. The first-order valence-corrected chi connectivity index (χ1v) is 12.1. The highest BCUT2D eigenvalue weighted by Gasteiger charge is 2.34. The van der Waals surface area contributed by atoms with E-state index in [2.05, 4.69) is 16.8 Å². The number of carbonyl (C=O) groups is 2. The van der Waals surface area contributed by atoms with Crippen LogP contribution in [0.15, 0.2) is 84.6 Å². The summed E-state index contributed by atoms with van der Waals surface area (Å²) in [6.07, 6.45) is 4.46. The van der Waals surface area contributed by atoms with Crippen molar-refractivity contribution in [1.29, 1.82) is 0 Å². The van der Waals surface area contributed by atoms with Crippen LogP contribution in [0.4, 0.5) is 5.69 Å². The SMILES string of the molecule is CCc1ccc(N2C(=O)/C(=C/c3cn(Cc4ccccc4Cl)c4ccccc34)C(=O)NC2=S)cc1. The number of thiocarbonyl (C=S) groups is 1. The maximum atomic E-state index is 13.5. The van der Waals surface area contributed by atoms with Crippen LogP contribution < -0.4 is 10.2 Å². The Labute approximate surface area is 213 Å². The molecule has 1 N–H and O–H groups in total. The number of benzene rings is 3. The van der Waals surface area contributed by atoms with E-state index in [0.717, 1.165) is 34.0 Å². The molecule has 0 spiro atoms. The monoisotopic (exact) mass is 499 g/mol. The quantitative estimate of drug-likeness (QED) is 0.216. The Balaban J connectivity index is 1.56. The zero-order chi connectivity index (χ0) is 24.5. The minimum Gasteiger partial charge on any atom is -0.342 e. The van der Waals surface area contributed by atoms with Crippen LogP contribution in [0, 0.1) is 0 Å². The number of nitrogens with one attached hydrogen (secondary N) is 1. The number of aryl methyl sites for hydroxylation is 1. The van der Waals surface area contributed by atoms with E-state index in [0.29, 0.717) is 17.3 Å². The van der Waals surface area contributed by atoms with Gasteiger partial charge in [-0.1, -0.05) is 67.1 Å². The average Bonchev–Trinajstić information content (AvgIpc) is 3.20. The van der Waals surface area contributed by atoms with E-state index < -0.39 is 11.8 Å². The molecular weight excluding hydrogens is 478 g/mol. The molecule has 0 aliphatic carbocycles. The number of halogens is 1. The molecule has 1 aromatic heterocycles. The third-order valence-electron chi connectivity index (χ3n) is 6.12. The maximum Gasteiger partial charge on any atom is 0.270 e. The molecule has 2 heterocycles. The number of fused-ring (bicyclic) bond motifs is 1. The van der Waals surface area contributed by atoms with Crippen LogP contribution in [0.1, 0.15) is 23.6 Å². The zero-order valence-electron chi connectivity index (χ0n) is 19.0. The average molecular weight is 500 g/mol. The van der Waals surface area contributed by atoms with Crippen molar-refractivity contribution in [1.82, 2.24) is 9.88 Å². The number of rotatable bonds is 5. The van der Waals surface area contributed by atoms with Crippen LogP contribution >= 0.6 is 23.8 Å². The molecule has 1 aliphatic heterocycles. The lowest BCUT2D eigenvalue weighted by atomic mass is 10.1. The predicted molar refractivity (Wildman–Crippen MR) is 145 cm³/mol. The van der Waals surface area contributed by atoms with Crippen molar-refractivity contribution in [2.24, 2.45) is 0 Å². The van der Waals surface area contributed by atoms with Gasteiger partial charge in [0.15, 0.2) is 5.11 Å². The fourth-order valence-electron chi connectivity index (χ4n) is 4.26. The topological polar surface area (TPSA) is 54.3 Å². The summed E-state index contributed by atoms with van der Waals surface area (Å²) in [5, 5.41) is 4.35. The smallest absolute Gasteiger partial charge is 0.270 e. The second-order valence-corrected chi connectivity index (χ2v) is 9.09. The Morgan fingerprint density at radius 3 is 2.43 bits per heavy atom. The largest absolute Gasteiger partial charge is 0.342 e. The molecule has 35 heavy (non-hydrogen) atoms. The van der Waals surface area contributed by atoms with Gasteiger partial charge in [0.25, 0.3) is 11.8 Å². The van der Waals surface area contributed by atoms with Gasteiger partial charge in [-0.05, 0) is 60.1 Å². The van der Waals surface area contributed by atoms with Crippen LogP contribution in [0.2, 0.25) is 5.02 Å². The summed E-state index contributed by atoms with van der Waals surface area (Å²) in [5.74, 6) is -0.963. The molecule has 0 bridgehead atoms. The van der Waals surface area contributed by atoms with E-state index in [1.54, 1.807) is 6.08 Å². The maximum absolute atomic E-state index is 13.5. The normalized spacial score (nSPS) is 15.2. The van der Waals surface area contributed by atoms with Crippen LogP contribution in [-0.2, 0) is 22.6 Å². The van der Waals surface area contributed by atoms with Gasteiger partial charge in [0.05, 0.1) is 5.69 Å². The van der Waals surface area contributed by atoms with Crippen LogP contribution in [0.25, 0.3) is 17.0 Å². The van der Waals surface area contributed by atoms with Gasteiger partial charge >= 0.3 is 0 Å². The molecule has 3 aromatic carbocycles. The summed E-state index contributed by atoms with van der Waals surface area (Å²) >= 11 is 11.7. The van der Waals surface area contributed by atoms with E-state index in [4.69, 9.17) is 23.8 Å². The van der Waals surface area contributed by atoms with Crippen molar-refractivity contribution < 1.29 is 9.59 Å². The van der Waals surface area contributed by atoms with Gasteiger partial charge in [-0.3, -0.25) is 19.8 Å². The Kier molecular flexibility index (Phi) is 6.24. The molecule has 0 atom stereocenters. The lowest BCUT2D eigenvalue weighted by Crippen LogP contribution is -2.54. The molecule has 0 saturated carbocycles. The van der Waals surface area contributed by atoms with Gasteiger partial charge in [-0.15, -0.1) is 0 Å². The summed E-state index contributed by atoms with van der Waals surface area (Å²) in [6.45, 7) is 2.62.